The molecule has 1 atom stereocenters. The third kappa shape index (κ3) is 5.68. The van der Waals surface area contributed by atoms with E-state index in [4.69, 9.17) is 23.2 Å². The van der Waals surface area contributed by atoms with Crippen molar-refractivity contribution in [3.63, 3.8) is 0 Å². The van der Waals surface area contributed by atoms with Crippen molar-refractivity contribution >= 4 is 40.7 Å². The van der Waals surface area contributed by atoms with Crippen molar-refractivity contribution < 1.29 is 9.59 Å². The Morgan fingerprint density at radius 1 is 1.22 bits per heavy atom. The van der Waals surface area contributed by atoms with Crippen LogP contribution in [0.4, 0.5) is 5.69 Å². The summed E-state index contributed by atoms with van der Waals surface area (Å²) in [6.07, 6.45) is 2.36. The fourth-order valence-corrected chi connectivity index (χ4v) is 2.85. The highest BCUT2D eigenvalue weighted by molar-refractivity contribution is 6.39. The highest BCUT2D eigenvalue weighted by Gasteiger charge is 2.29. The first-order valence-corrected chi connectivity index (χ1v) is 8.34. The van der Waals surface area contributed by atoms with E-state index in [1.807, 2.05) is 6.92 Å². The van der Waals surface area contributed by atoms with Gasteiger partial charge < -0.3 is 10.6 Å². The van der Waals surface area contributed by atoms with Crippen molar-refractivity contribution in [3.05, 3.63) is 28.2 Å². The van der Waals surface area contributed by atoms with Crippen molar-refractivity contribution in [3.8, 4) is 0 Å². The Hall–Kier alpha value is -1.30. The van der Waals surface area contributed by atoms with E-state index < -0.39 is 0 Å². The number of nitrogens with one attached hydrogen (secondary N) is 2. The predicted molar refractivity (Wildman–Crippen MR) is 92.9 cm³/mol. The van der Waals surface area contributed by atoms with Gasteiger partial charge in [-0.05, 0) is 44.9 Å². The minimum Gasteiger partial charge on any atom is -0.352 e. The van der Waals surface area contributed by atoms with E-state index in [1.165, 1.54) is 12.8 Å². The molecule has 1 saturated carbocycles. The van der Waals surface area contributed by atoms with Gasteiger partial charge in [0, 0.05) is 6.04 Å². The molecule has 5 nitrogen and oxygen atoms in total. The quantitative estimate of drug-likeness (QED) is 0.788. The Kier molecular flexibility index (Phi) is 6.27. The molecule has 2 amide bonds. The molecule has 0 spiro atoms. The van der Waals surface area contributed by atoms with Crippen LogP contribution in [0, 0.1) is 5.92 Å². The zero-order valence-electron chi connectivity index (χ0n) is 13.2. The molecule has 1 unspecified atom stereocenters. The third-order valence-electron chi connectivity index (χ3n) is 3.77. The number of nitrogens with zero attached hydrogens (tertiary/aromatic N) is 1. The molecule has 126 valence electrons. The molecule has 7 heteroatoms. The number of hydrogen-bond donors (Lipinski definition) is 2. The van der Waals surface area contributed by atoms with Crippen LogP contribution in [0.2, 0.25) is 10.0 Å². The van der Waals surface area contributed by atoms with Gasteiger partial charge in [0.1, 0.15) is 0 Å². The lowest BCUT2D eigenvalue weighted by Crippen LogP contribution is -2.42. The number of anilines is 1. The minimum atomic E-state index is -0.273. The summed E-state index contributed by atoms with van der Waals surface area (Å²) in [7, 11) is 1.72. The number of carbonyl (C=O) groups excluding carboxylic acids is 2. The Morgan fingerprint density at radius 2 is 1.78 bits per heavy atom. The highest BCUT2D eigenvalue weighted by Crippen LogP contribution is 2.32. The van der Waals surface area contributed by atoms with E-state index in [9.17, 15) is 9.59 Å². The lowest BCUT2D eigenvalue weighted by molar-refractivity contribution is -0.123. The van der Waals surface area contributed by atoms with Gasteiger partial charge in [-0.2, -0.15) is 0 Å². The van der Waals surface area contributed by atoms with Crippen molar-refractivity contribution in [2.75, 3.05) is 25.5 Å². The standard InChI is InChI=1S/C16H21Cl2N3O2/c1-10(11-6-7-11)19-14(22)8-21(2)9-15(23)20-16-12(17)4-3-5-13(16)18/h3-5,10-11H,6-9H2,1-2H3,(H,19,22)(H,20,23). The van der Waals surface area contributed by atoms with Gasteiger partial charge in [-0.15, -0.1) is 0 Å². The number of halogens is 2. The summed E-state index contributed by atoms with van der Waals surface area (Å²) in [5.41, 5.74) is 0.390. The number of carbonyl (C=O) groups is 2. The van der Waals surface area contributed by atoms with Crippen LogP contribution in [-0.2, 0) is 9.59 Å². The average molecular weight is 358 g/mol. The monoisotopic (exact) mass is 357 g/mol. The summed E-state index contributed by atoms with van der Waals surface area (Å²) in [5, 5.41) is 6.39. The molecule has 0 aliphatic heterocycles. The van der Waals surface area contributed by atoms with Gasteiger partial charge in [0.25, 0.3) is 0 Å². The summed E-state index contributed by atoms with van der Waals surface area (Å²) in [5.74, 6) is 0.260. The lowest BCUT2D eigenvalue weighted by Gasteiger charge is -2.19. The Labute approximate surface area is 146 Å². The molecule has 23 heavy (non-hydrogen) atoms. The maximum atomic E-state index is 12.0. The van der Waals surface area contributed by atoms with Gasteiger partial charge in [0.05, 0.1) is 28.8 Å². The number of hydrogen-bond acceptors (Lipinski definition) is 3. The number of likely N-dealkylation sites (N-methyl/N-ethyl adjacent to an activating group) is 1. The number of rotatable bonds is 7. The van der Waals surface area contributed by atoms with Gasteiger partial charge in [-0.3, -0.25) is 14.5 Å². The van der Waals surface area contributed by atoms with Crippen LogP contribution in [-0.4, -0.2) is 42.9 Å². The van der Waals surface area contributed by atoms with Crippen LogP contribution in [0.1, 0.15) is 19.8 Å². The number of para-hydroxylation sites is 1. The zero-order valence-corrected chi connectivity index (χ0v) is 14.7. The number of amides is 2. The molecular formula is C16H21Cl2N3O2. The largest absolute Gasteiger partial charge is 0.352 e. The van der Waals surface area contributed by atoms with Gasteiger partial charge in [-0.25, -0.2) is 0 Å². The van der Waals surface area contributed by atoms with Crippen LogP contribution in [0.5, 0.6) is 0 Å². The molecule has 0 radical (unpaired) electrons. The predicted octanol–water partition coefficient (Wildman–Crippen LogP) is 2.78. The zero-order chi connectivity index (χ0) is 17.0. The summed E-state index contributed by atoms with van der Waals surface area (Å²) in [6.45, 7) is 2.26. The minimum absolute atomic E-state index is 0.0736. The van der Waals surface area contributed by atoms with Crippen molar-refractivity contribution in [1.82, 2.24) is 10.2 Å². The summed E-state index contributed by atoms with van der Waals surface area (Å²) < 4.78 is 0. The van der Waals surface area contributed by atoms with Gasteiger partial charge in [0.2, 0.25) is 11.8 Å². The van der Waals surface area contributed by atoms with Gasteiger partial charge >= 0.3 is 0 Å². The normalized spacial score (nSPS) is 15.3. The molecular weight excluding hydrogens is 337 g/mol. The fourth-order valence-electron chi connectivity index (χ4n) is 2.36. The van der Waals surface area contributed by atoms with Crippen molar-refractivity contribution in [2.45, 2.75) is 25.8 Å². The smallest absolute Gasteiger partial charge is 0.238 e. The molecule has 2 N–H and O–H groups in total. The second-order valence-corrected chi connectivity index (χ2v) is 6.83. The second-order valence-electron chi connectivity index (χ2n) is 6.01. The molecule has 1 aliphatic carbocycles. The lowest BCUT2D eigenvalue weighted by atomic mass is 10.2. The van der Waals surface area contributed by atoms with Crippen molar-refractivity contribution in [1.29, 1.82) is 0 Å². The first-order valence-electron chi connectivity index (χ1n) is 7.58. The average Bonchev–Trinajstić information content (AvgIpc) is 3.27. The van der Waals surface area contributed by atoms with E-state index in [0.717, 1.165) is 0 Å². The maximum Gasteiger partial charge on any atom is 0.238 e. The molecule has 0 aromatic heterocycles. The topological polar surface area (TPSA) is 61.4 Å². The van der Waals surface area contributed by atoms with E-state index >= 15 is 0 Å². The first-order chi connectivity index (χ1) is 10.9. The van der Waals surface area contributed by atoms with Crippen LogP contribution in [0.25, 0.3) is 0 Å². The summed E-state index contributed by atoms with van der Waals surface area (Å²) in [6, 6.07) is 5.21. The molecule has 1 aromatic carbocycles. The maximum absolute atomic E-state index is 12.0. The summed E-state index contributed by atoms with van der Waals surface area (Å²) >= 11 is 12.0. The van der Waals surface area contributed by atoms with Gasteiger partial charge in [0.15, 0.2) is 0 Å². The Balaban J connectivity index is 1.79. The number of benzene rings is 1. The summed E-state index contributed by atoms with van der Waals surface area (Å²) in [4.78, 5) is 25.6. The first kappa shape index (κ1) is 18.0. The molecule has 1 fully saturated rings. The molecule has 0 saturated heterocycles. The third-order valence-corrected chi connectivity index (χ3v) is 4.40. The highest BCUT2D eigenvalue weighted by atomic mass is 35.5. The van der Waals surface area contributed by atoms with Crippen molar-refractivity contribution in [2.24, 2.45) is 5.92 Å². The second kappa shape index (κ2) is 7.99. The molecule has 1 aromatic rings. The van der Waals surface area contributed by atoms with E-state index in [1.54, 1.807) is 30.1 Å². The van der Waals surface area contributed by atoms with E-state index in [-0.39, 0.29) is 30.9 Å². The fraction of sp³-hybridized carbons (Fsp3) is 0.500. The Morgan fingerprint density at radius 3 is 2.35 bits per heavy atom. The van der Waals surface area contributed by atoms with Crippen LogP contribution in [0.15, 0.2) is 18.2 Å². The van der Waals surface area contributed by atoms with Crippen LogP contribution >= 0.6 is 23.2 Å². The molecule has 0 heterocycles. The molecule has 0 bridgehead atoms. The molecule has 1 aliphatic rings. The van der Waals surface area contributed by atoms with Crippen LogP contribution in [0.3, 0.4) is 0 Å². The van der Waals surface area contributed by atoms with Gasteiger partial charge in [-0.1, -0.05) is 29.3 Å². The SMILES string of the molecule is CC(NC(=O)CN(C)CC(=O)Nc1c(Cl)cccc1Cl)C1CC1. The van der Waals surface area contributed by atoms with Crippen LogP contribution < -0.4 is 10.6 Å². The Bertz CT molecular complexity index is 570. The van der Waals surface area contributed by atoms with E-state index in [2.05, 4.69) is 10.6 Å². The van der Waals surface area contributed by atoms with E-state index in [0.29, 0.717) is 21.7 Å². The molecule has 2 rings (SSSR count).